The standard InChI is InChI=1S/C17H29N3O2S/c1-3-18-17(20-13-16-6-5-14(2)23-16)19-9-4-10-22-15-7-11-21-12-8-15/h5-6,15H,3-4,7-13H2,1-2H3,(H2,18,19,20). The summed E-state index contributed by atoms with van der Waals surface area (Å²) in [5.74, 6) is 0.879. The third kappa shape index (κ3) is 7.33. The third-order valence-electron chi connectivity index (χ3n) is 3.67. The normalized spacial score (nSPS) is 16.5. The van der Waals surface area contributed by atoms with Gasteiger partial charge in [0.25, 0.3) is 0 Å². The molecule has 0 unspecified atom stereocenters. The van der Waals surface area contributed by atoms with E-state index in [1.165, 1.54) is 9.75 Å². The molecule has 0 bridgehead atoms. The summed E-state index contributed by atoms with van der Waals surface area (Å²) in [4.78, 5) is 7.26. The molecule has 6 heteroatoms. The molecule has 1 aliphatic rings. The van der Waals surface area contributed by atoms with E-state index < -0.39 is 0 Å². The first-order valence-electron chi connectivity index (χ1n) is 8.54. The van der Waals surface area contributed by atoms with Crippen molar-refractivity contribution in [2.75, 3.05) is 32.9 Å². The van der Waals surface area contributed by atoms with Crippen LogP contribution in [0.4, 0.5) is 0 Å². The van der Waals surface area contributed by atoms with E-state index >= 15 is 0 Å². The summed E-state index contributed by atoms with van der Waals surface area (Å²) in [6, 6.07) is 4.29. The number of aryl methyl sites for hydroxylation is 1. The molecule has 1 aromatic rings. The fourth-order valence-electron chi connectivity index (χ4n) is 2.44. The van der Waals surface area contributed by atoms with E-state index in [4.69, 9.17) is 9.47 Å². The lowest BCUT2D eigenvalue weighted by Gasteiger charge is -2.22. The second kappa shape index (κ2) is 10.6. The van der Waals surface area contributed by atoms with Gasteiger partial charge in [-0.15, -0.1) is 11.3 Å². The van der Waals surface area contributed by atoms with Gasteiger partial charge in [0, 0.05) is 42.7 Å². The van der Waals surface area contributed by atoms with Gasteiger partial charge in [-0.25, -0.2) is 4.99 Å². The van der Waals surface area contributed by atoms with E-state index in [0.717, 1.165) is 64.7 Å². The van der Waals surface area contributed by atoms with Crippen LogP contribution in [-0.2, 0) is 16.0 Å². The van der Waals surface area contributed by atoms with Gasteiger partial charge in [-0.2, -0.15) is 0 Å². The van der Waals surface area contributed by atoms with Crippen molar-refractivity contribution < 1.29 is 9.47 Å². The number of ether oxygens (including phenoxy) is 2. The monoisotopic (exact) mass is 339 g/mol. The molecule has 0 amide bonds. The number of hydrogen-bond acceptors (Lipinski definition) is 4. The highest BCUT2D eigenvalue weighted by atomic mass is 32.1. The van der Waals surface area contributed by atoms with Crippen LogP contribution in [0.1, 0.15) is 35.9 Å². The molecule has 0 spiro atoms. The largest absolute Gasteiger partial charge is 0.381 e. The molecule has 1 fully saturated rings. The van der Waals surface area contributed by atoms with Crippen LogP contribution in [0.15, 0.2) is 17.1 Å². The van der Waals surface area contributed by atoms with Crippen molar-refractivity contribution in [3.63, 3.8) is 0 Å². The fraction of sp³-hybridized carbons (Fsp3) is 0.706. The lowest BCUT2D eigenvalue weighted by molar-refractivity contribution is -0.0320. The van der Waals surface area contributed by atoms with E-state index in [1.54, 1.807) is 11.3 Å². The predicted octanol–water partition coefficient (Wildman–Crippen LogP) is 2.70. The molecule has 5 nitrogen and oxygen atoms in total. The second-order valence-corrected chi connectivity index (χ2v) is 7.04. The van der Waals surface area contributed by atoms with Gasteiger partial charge in [0.05, 0.1) is 12.6 Å². The van der Waals surface area contributed by atoms with Crippen molar-refractivity contribution in [3.05, 3.63) is 21.9 Å². The Morgan fingerprint density at radius 1 is 1.35 bits per heavy atom. The zero-order valence-electron chi connectivity index (χ0n) is 14.3. The minimum atomic E-state index is 0.382. The van der Waals surface area contributed by atoms with Crippen LogP contribution in [-0.4, -0.2) is 45.0 Å². The van der Waals surface area contributed by atoms with Crippen LogP contribution < -0.4 is 10.6 Å². The molecule has 23 heavy (non-hydrogen) atoms. The maximum atomic E-state index is 5.88. The van der Waals surface area contributed by atoms with E-state index in [9.17, 15) is 0 Å². The highest BCUT2D eigenvalue weighted by Crippen LogP contribution is 2.15. The molecule has 1 saturated heterocycles. The number of hydrogen-bond donors (Lipinski definition) is 2. The second-order valence-electron chi connectivity index (χ2n) is 5.67. The fourth-order valence-corrected chi connectivity index (χ4v) is 3.26. The van der Waals surface area contributed by atoms with E-state index in [-0.39, 0.29) is 0 Å². The molecular weight excluding hydrogens is 310 g/mol. The Morgan fingerprint density at radius 2 is 2.17 bits per heavy atom. The summed E-state index contributed by atoms with van der Waals surface area (Å²) in [6.07, 6.45) is 3.42. The molecule has 0 atom stereocenters. The van der Waals surface area contributed by atoms with Gasteiger partial charge in [0.15, 0.2) is 5.96 Å². The highest BCUT2D eigenvalue weighted by Gasteiger charge is 2.13. The van der Waals surface area contributed by atoms with E-state index in [0.29, 0.717) is 6.10 Å². The van der Waals surface area contributed by atoms with Crippen molar-refractivity contribution in [1.29, 1.82) is 0 Å². The molecule has 130 valence electrons. The van der Waals surface area contributed by atoms with E-state index in [2.05, 4.69) is 41.6 Å². The zero-order valence-corrected chi connectivity index (χ0v) is 15.1. The Hall–Kier alpha value is -1.11. The first-order chi connectivity index (χ1) is 11.3. The molecule has 2 N–H and O–H groups in total. The van der Waals surface area contributed by atoms with Crippen LogP contribution >= 0.6 is 11.3 Å². The lowest BCUT2D eigenvalue weighted by Crippen LogP contribution is -2.38. The van der Waals surface area contributed by atoms with Crippen molar-refractivity contribution in [2.45, 2.75) is 45.8 Å². The van der Waals surface area contributed by atoms with Gasteiger partial charge in [-0.3, -0.25) is 0 Å². The predicted molar refractivity (Wildman–Crippen MR) is 96.3 cm³/mol. The Morgan fingerprint density at radius 3 is 2.87 bits per heavy atom. The van der Waals surface area contributed by atoms with Crippen molar-refractivity contribution in [1.82, 2.24) is 10.6 Å². The van der Waals surface area contributed by atoms with Gasteiger partial charge in [-0.1, -0.05) is 0 Å². The molecule has 0 radical (unpaired) electrons. The molecule has 1 aromatic heterocycles. The Kier molecular flexibility index (Phi) is 8.42. The van der Waals surface area contributed by atoms with Crippen LogP contribution in [0.5, 0.6) is 0 Å². The van der Waals surface area contributed by atoms with Crippen LogP contribution in [0.3, 0.4) is 0 Å². The first kappa shape index (κ1) is 18.2. The number of rotatable bonds is 8. The van der Waals surface area contributed by atoms with Crippen LogP contribution in [0.2, 0.25) is 0 Å². The Labute approximate surface area is 143 Å². The summed E-state index contributed by atoms with van der Waals surface area (Å²) >= 11 is 1.80. The summed E-state index contributed by atoms with van der Waals surface area (Å²) in [7, 11) is 0. The third-order valence-corrected chi connectivity index (χ3v) is 4.65. The van der Waals surface area contributed by atoms with Crippen molar-refractivity contribution in [2.24, 2.45) is 4.99 Å². The van der Waals surface area contributed by atoms with Crippen LogP contribution in [0, 0.1) is 6.92 Å². The number of nitrogens with one attached hydrogen (secondary N) is 2. The quantitative estimate of drug-likeness (QED) is 0.434. The summed E-state index contributed by atoms with van der Waals surface area (Å²) in [5, 5.41) is 6.66. The molecule has 0 aliphatic carbocycles. The SMILES string of the molecule is CCNC(=NCc1ccc(C)s1)NCCCOC1CCOCC1. The van der Waals surface area contributed by atoms with Crippen molar-refractivity contribution in [3.8, 4) is 0 Å². The van der Waals surface area contributed by atoms with Gasteiger partial charge in [-0.05, 0) is 45.2 Å². The molecule has 2 rings (SSSR count). The number of nitrogens with zero attached hydrogens (tertiary/aromatic N) is 1. The van der Waals surface area contributed by atoms with Crippen molar-refractivity contribution >= 4 is 17.3 Å². The van der Waals surface area contributed by atoms with Gasteiger partial charge < -0.3 is 20.1 Å². The molecule has 0 saturated carbocycles. The average Bonchev–Trinajstić information content (AvgIpc) is 2.98. The molecule has 1 aliphatic heterocycles. The maximum absolute atomic E-state index is 5.88. The summed E-state index contributed by atoms with van der Waals surface area (Å²) < 4.78 is 11.2. The minimum Gasteiger partial charge on any atom is -0.381 e. The Balaban J connectivity index is 1.63. The molecule has 0 aromatic carbocycles. The van der Waals surface area contributed by atoms with Crippen LogP contribution in [0.25, 0.3) is 0 Å². The average molecular weight is 340 g/mol. The van der Waals surface area contributed by atoms with Gasteiger partial charge >= 0.3 is 0 Å². The summed E-state index contributed by atoms with van der Waals surface area (Å²) in [6.45, 7) is 9.14. The zero-order chi connectivity index (χ0) is 16.3. The number of aliphatic imine (C=N–C) groups is 1. The smallest absolute Gasteiger partial charge is 0.191 e. The summed E-state index contributed by atoms with van der Waals surface area (Å²) in [5.41, 5.74) is 0. The Bertz CT molecular complexity index is 470. The first-order valence-corrected chi connectivity index (χ1v) is 9.36. The number of thiophene rings is 1. The highest BCUT2D eigenvalue weighted by molar-refractivity contribution is 7.11. The lowest BCUT2D eigenvalue weighted by atomic mass is 10.1. The maximum Gasteiger partial charge on any atom is 0.191 e. The van der Waals surface area contributed by atoms with Gasteiger partial charge in [0.2, 0.25) is 0 Å². The number of guanidine groups is 1. The van der Waals surface area contributed by atoms with Gasteiger partial charge in [0.1, 0.15) is 0 Å². The van der Waals surface area contributed by atoms with E-state index in [1.807, 2.05) is 0 Å². The molecular formula is C17H29N3O2S. The topological polar surface area (TPSA) is 54.9 Å². The minimum absolute atomic E-state index is 0.382. The molecule has 2 heterocycles.